The summed E-state index contributed by atoms with van der Waals surface area (Å²) in [5.41, 5.74) is 9.50. The van der Waals surface area contributed by atoms with Crippen LogP contribution in [0.25, 0.3) is 6.08 Å². The van der Waals surface area contributed by atoms with Gasteiger partial charge in [0, 0.05) is 30.4 Å². The van der Waals surface area contributed by atoms with E-state index in [4.69, 9.17) is 5.73 Å². The minimum atomic E-state index is -0.105. The summed E-state index contributed by atoms with van der Waals surface area (Å²) in [5.74, 6) is 0. The van der Waals surface area contributed by atoms with Crippen molar-refractivity contribution in [3.63, 3.8) is 0 Å². The first kappa shape index (κ1) is 20.9. The molecule has 0 heterocycles. The third kappa shape index (κ3) is 6.04. The van der Waals surface area contributed by atoms with Crippen molar-refractivity contribution >= 4 is 11.8 Å². The van der Waals surface area contributed by atoms with Gasteiger partial charge in [0.25, 0.3) is 0 Å². The van der Waals surface area contributed by atoms with Crippen LogP contribution in [0.3, 0.4) is 0 Å². The number of benzene rings is 1. The maximum Gasteiger partial charge on any atom is 0.0424 e. The van der Waals surface area contributed by atoms with E-state index >= 15 is 0 Å². The van der Waals surface area contributed by atoms with Crippen LogP contribution in [-0.4, -0.2) is 30.1 Å². The molecule has 1 aromatic rings. The molecule has 0 aliphatic rings. The van der Waals surface area contributed by atoms with E-state index < -0.39 is 0 Å². The molecule has 3 heteroatoms. The highest BCUT2D eigenvalue weighted by Gasteiger charge is 2.17. The first-order valence-electron chi connectivity index (χ1n) is 8.81. The number of rotatable bonds is 12. The summed E-state index contributed by atoms with van der Waals surface area (Å²) in [5, 5.41) is 3.53. The molecule has 3 nitrogen and oxygen atoms in total. The highest BCUT2D eigenvalue weighted by molar-refractivity contribution is 5.64. The van der Waals surface area contributed by atoms with Crippen LogP contribution in [-0.2, 0) is 6.54 Å². The molecule has 1 rings (SSSR count). The SMILES string of the molecule is C=CCCC(C=C)N(C)Cc1c(C=C)cccc1NC(C)C(N)C=C. The molecule has 0 amide bonds. The molecule has 0 bridgehead atoms. The predicted molar refractivity (Wildman–Crippen MR) is 113 cm³/mol. The van der Waals surface area contributed by atoms with Crippen molar-refractivity contribution in [3.05, 3.63) is 73.9 Å². The van der Waals surface area contributed by atoms with Gasteiger partial charge in [-0.3, -0.25) is 4.90 Å². The van der Waals surface area contributed by atoms with Crippen molar-refractivity contribution in [3.8, 4) is 0 Å². The minimum absolute atomic E-state index is 0.0950. The molecular formula is C22H33N3. The molecule has 3 N–H and O–H groups in total. The molecule has 0 saturated heterocycles. The maximum atomic E-state index is 6.08. The summed E-state index contributed by atoms with van der Waals surface area (Å²) in [4.78, 5) is 2.31. The number of nitrogens with one attached hydrogen (secondary N) is 1. The zero-order valence-electron chi connectivity index (χ0n) is 15.7. The smallest absolute Gasteiger partial charge is 0.0424 e. The third-order valence-corrected chi connectivity index (χ3v) is 4.58. The predicted octanol–water partition coefficient (Wildman–Crippen LogP) is 4.60. The highest BCUT2D eigenvalue weighted by atomic mass is 15.1. The summed E-state index contributed by atoms with van der Waals surface area (Å²) >= 11 is 0. The number of anilines is 1. The maximum absolute atomic E-state index is 6.08. The molecule has 0 aromatic heterocycles. The van der Waals surface area contributed by atoms with Crippen molar-refractivity contribution < 1.29 is 0 Å². The third-order valence-electron chi connectivity index (χ3n) is 4.58. The van der Waals surface area contributed by atoms with Gasteiger partial charge in [-0.05, 0) is 44.0 Å². The average Bonchev–Trinajstić information content (AvgIpc) is 2.62. The van der Waals surface area contributed by atoms with Crippen LogP contribution in [0.15, 0.2) is 62.7 Å². The normalized spacial score (nSPS) is 14.4. The molecule has 1 aromatic carbocycles. The van der Waals surface area contributed by atoms with Crippen molar-refractivity contribution in [1.29, 1.82) is 0 Å². The van der Waals surface area contributed by atoms with E-state index in [-0.39, 0.29) is 12.1 Å². The molecule has 0 saturated carbocycles. The van der Waals surface area contributed by atoms with Gasteiger partial charge in [-0.15, -0.1) is 19.7 Å². The Bertz CT molecular complexity index is 591. The van der Waals surface area contributed by atoms with E-state index in [1.165, 1.54) is 5.56 Å². The van der Waals surface area contributed by atoms with Gasteiger partial charge in [0.1, 0.15) is 0 Å². The highest BCUT2D eigenvalue weighted by Crippen LogP contribution is 2.25. The first-order valence-corrected chi connectivity index (χ1v) is 8.81. The lowest BCUT2D eigenvalue weighted by molar-refractivity contribution is 0.263. The Kier molecular flexibility index (Phi) is 8.96. The van der Waals surface area contributed by atoms with Crippen molar-refractivity contribution in [2.24, 2.45) is 5.73 Å². The zero-order chi connectivity index (χ0) is 18.8. The molecule has 0 aliphatic heterocycles. The lowest BCUT2D eigenvalue weighted by Crippen LogP contribution is -2.37. The Labute approximate surface area is 153 Å². The number of likely N-dealkylation sites (N-methyl/N-ethyl adjacent to an activating group) is 1. The van der Waals surface area contributed by atoms with Crippen molar-refractivity contribution in [2.75, 3.05) is 12.4 Å². The van der Waals surface area contributed by atoms with Gasteiger partial charge in [-0.25, -0.2) is 0 Å². The molecule has 25 heavy (non-hydrogen) atoms. The fourth-order valence-corrected chi connectivity index (χ4v) is 2.83. The minimum Gasteiger partial charge on any atom is -0.380 e. The molecule has 0 aliphatic carbocycles. The Morgan fingerprint density at radius 1 is 1.20 bits per heavy atom. The van der Waals surface area contributed by atoms with E-state index in [1.54, 1.807) is 6.08 Å². The van der Waals surface area contributed by atoms with Gasteiger partial charge >= 0.3 is 0 Å². The van der Waals surface area contributed by atoms with Crippen LogP contribution >= 0.6 is 0 Å². The van der Waals surface area contributed by atoms with Gasteiger partial charge in [-0.1, -0.05) is 43.0 Å². The van der Waals surface area contributed by atoms with Gasteiger partial charge in [0.2, 0.25) is 0 Å². The molecular weight excluding hydrogens is 306 g/mol. The molecule has 0 radical (unpaired) electrons. The van der Waals surface area contributed by atoms with E-state index in [0.29, 0.717) is 6.04 Å². The average molecular weight is 340 g/mol. The Balaban J connectivity index is 3.06. The van der Waals surface area contributed by atoms with Gasteiger partial charge in [0.05, 0.1) is 0 Å². The Hall–Kier alpha value is -2.10. The molecule has 136 valence electrons. The lowest BCUT2D eigenvalue weighted by Gasteiger charge is -2.28. The van der Waals surface area contributed by atoms with E-state index in [9.17, 15) is 0 Å². The number of nitrogens with zero attached hydrogens (tertiary/aromatic N) is 1. The summed E-state index contributed by atoms with van der Waals surface area (Å²) in [6.07, 6.45) is 9.61. The summed E-state index contributed by atoms with van der Waals surface area (Å²) in [7, 11) is 2.12. The summed E-state index contributed by atoms with van der Waals surface area (Å²) in [6.45, 7) is 18.4. The van der Waals surface area contributed by atoms with Crippen molar-refractivity contribution in [1.82, 2.24) is 4.90 Å². The van der Waals surface area contributed by atoms with E-state index in [1.807, 2.05) is 24.3 Å². The van der Waals surface area contributed by atoms with Crippen LogP contribution in [0.5, 0.6) is 0 Å². The van der Waals surface area contributed by atoms with E-state index in [2.05, 4.69) is 62.6 Å². The largest absolute Gasteiger partial charge is 0.380 e. The molecule has 0 fully saturated rings. The second-order valence-electron chi connectivity index (χ2n) is 6.41. The summed E-state index contributed by atoms with van der Waals surface area (Å²) < 4.78 is 0. The van der Waals surface area contributed by atoms with Crippen LogP contribution in [0.2, 0.25) is 0 Å². The number of hydrogen-bond acceptors (Lipinski definition) is 3. The summed E-state index contributed by atoms with van der Waals surface area (Å²) in [6, 6.07) is 6.51. The topological polar surface area (TPSA) is 41.3 Å². The number of allylic oxidation sites excluding steroid dienone is 1. The lowest BCUT2D eigenvalue weighted by atomic mass is 10.0. The monoisotopic (exact) mass is 339 g/mol. The number of nitrogens with two attached hydrogens (primary N) is 1. The fraction of sp³-hybridized carbons (Fsp3) is 0.364. The van der Waals surface area contributed by atoms with Crippen molar-refractivity contribution in [2.45, 2.75) is 44.4 Å². The molecule has 3 unspecified atom stereocenters. The van der Waals surface area contributed by atoms with Crippen LogP contribution in [0, 0.1) is 0 Å². The molecule has 3 atom stereocenters. The fourth-order valence-electron chi connectivity index (χ4n) is 2.83. The Morgan fingerprint density at radius 3 is 2.48 bits per heavy atom. The van der Waals surface area contributed by atoms with Crippen LogP contribution < -0.4 is 11.1 Å². The standard InChI is InChI=1S/C22H33N3/c1-7-11-14-19(9-3)25(6)16-20-18(8-2)13-12-15-22(20)24-17(5)21(23)10-4/h7-10,12-13,15,17,19,21,24H,1-4,11,14,16,23H2,5-6H3. The second-order valence-corrected chi connectivity index (χ2v) is 6.41. The Morgan fingerprint density at radius 2 is 1.92 bits per heavy atom. The zero-order valence-corrected chi connectivity index (χ0v) is 15.7. The second kappa shape index (κ2) is 10.7. The number of hydrogen-bond donors (Lipinski definition) is 2. The molecule has 0 spiro atoms. The van der Waals surface area contributed by atoms with Gasteiger partial charge in [-0.2, -0.15) is 0 Å². The quantitative estimate of drug-likeness (QED) is 0.547. The van der Waals surface area contributed by atoms with Gasteiger partial charge < -0.3 is 11.1 Å². The van der Waals surface area contributed by atoms with E-state index in [0.717, 1.165) is 30.6 Å². The van der Waals surface area contributed by atoms with Crippen LogP contribution in [0.1, 0.15) is 30.9 Å². The van der Waals surface area contributed by atoms with Crippen LogP contribution in [0.4, 0.5) is 5.69 Å². The van der Waals surface area contributed by atoms with Gasteiger partial charge in [0.15, 0.2) is 0 Å². The first-order chi connectivity index (χ1) is 12.0.